The highest BCUT2D eigenvalue weighted by atomic mass is 16.6. The lowest BCUT2D eigenvalue weighted by molar-refractivity contribution is -0.153. The second kappa shape index (κ2) is 7.66. The van der Waals surface area contributed by atoms with Gasteiger partial charge >= 0.3 is 12.1 Å². The Morgan fingerprint density at radius 1 is 1.10 bits per heavy atom. The smallest absolute Gasteiger partial charge is 0.408 e. The molecule has 1 amide bonds. The van der Waals surface area contributed by atoms with Crippen LogP contribution in [0.4, 0.5) is 4.79 Å². The molecule has 0 saturated heterocycles. The zero-order valence-electron chi connectivity index (χ0n) is 13.9. The zero-order valence-corrected chi connectivity index (χ0v) is 13.9. The molecule has 1 fully saturated rings. The number of hydrogen-bond donors (Lipinski definition) is 1. The number of alkyl carbamates (subject to hydrolysis) is 1. The minimum Gasteiger partial charge on any atom is -0.461 e. The molecule has 1 unspecified atom stereocenters. The van der Waals surface area contributed by atoms with Crippen LogP contribution in [-0.2, 0) is 14.3 Å². The fourth-order valence-corrected chi connectivity index (χ4v) is 2.53. The van der Waals surface area contributed by atoms with Crippen LogP contribution in [0.15, 0.2) is 0 Å². The maximum absolute atomic E-state index is 12.0. The van der Waals surface area contributed by atoms with Crippen LogP contribution in [0.2, 0.25) is 0 Å². The molecule has 1 N–H and O–H groups in total. The molecule has 0 radical (unpaired) electrons. The van der Waals surface area contributed by atoms with Gasteiger partial charge in [-0.1, -0.05) is 19.3 Å². The summed E-state index contributed by atoms with van der Waals surface area (Å²) in [5.41, 5.74) is -0.580. The highest BCUT2D eigenvalue weighted by molar-refractivity contribution is 5.81. The summed E-state index contributed by atoms with van der Waals surface area (Å²) in [5.74, 6) is 0.0374. The average molecular weight is 299 g/mol. The first-order valence-corrected chi connectivity index (χ1v) is 7.89. The van der Waals surface area contributed by atoms with Crippen LogP contribution < -0.4 is 5.32 Å². The minimum absolute atomic E-state index is 0.0966. The molecule has 2 atom stereocenters. The number of nitrogens with one attached hydrogen (secondary N) is 1. The van der Waals surface area contributed by atoms with E-state index in [0.29, 0.717) is 5.92 Å². The molecule has 1 saturated carbocycles. The Bertz CT molecular complexity index is 356. The topological polar surface area (TPSA) is 64.6 Å². The van der Waals surface area contributed by atoms with Gasteiger partial charge in [0.25, 0.3) is 0 Å². The van der Waals surface area contributed by atoms with E-state index in [1.54, 1.807) is 27.7 Å². The van der Waals surface area contributed by atoms with Gasteiger partial charge in [-0.3, -0.25) is 0 Å². The van der Waals surface area contributed by atoms with Gasteiger partial charge < -0.3 is 14.8 Å². The molecule has 0 aliphatic heterocycles. The van der Waals surface area contributed by atoms with E-state index in [0.717, 1.165) is 12.8 Å². The maximum Gasteiger partial charge on any atom is 0.408 e. The Morgan fingerprint density at radius 2 is 1.67 bits per heavy atom. The molecule has 1 aliphatic carbocycles. The number of carbonyl (C=O) groups is 2. The molecule has 0 spiro atoms. The summed E-state index contributed by atoms with van der Waals surface area (Å²) in [4.78, 5) is 23.6. The standard InChI is InChI=1S/C16H29NO4/c1-11(17-15(19)21-16(3,4)5)14(18)20-12(2)13-9-7-6-8-10-13/h11-13H,6-10H2,1-5H3,(H,17,19)/t11-,12?/m0/s1. The summed E-state index contributed by atoms with van der Waals surface area (Å²) in [6, 6.07) is -0.703. The Balaban J connectivity index is 2.38. The second-order valence-electron chi connectivity index (χ2n) is 6.91. The van der Waals surface area contributed by atoms with Crippen molar-refractivity contribution < 1.29 is 19.1 Å². The number of ether oxygens (including phenoxy) is 2. The summed E-state index contributed by atoms with van der Waals surface area (Å²) in [5, 5.41) is 2.51. The predicted molar refractivity (Wildman–Crippen MR) is 81.0 cm³/mol. The van der Waals surface area contributed by atoms with Crippen LogP contribution in [0.3, 0.4) is 0 Å². The van der Waals surface area contributed by atoms with Gasteiger partial charge in [0.1, 0.15) is 17.7 Å². The van der Waals surface area contributed by atoms with E-state index in [-0.39, 0.29) is 6.10 Å². The van der Waals surface area contributed by atoms with Crippen molar-refractivity contribution in [2.45, 2.75) is 84.5 Å². The number of carbonyl (C=O) groups excluding carboxylic acids is 2. The molecule has 21 heavy (non-hydrogen) atoms. The van der Waals surface area contributed by atoms with Crippen molar-refractivity contribution in [3.8, 4) is 0 Å². The molecule has 0 aromatic heterocycles. The third-order valence-corrected chi connectivity index (χ3v) is 3.70. The minimum atomic E-state index is -0.703. The Kier molecular flexibility index (Phi) is 6.49. The van der Waals surface area contributed by atoms with Gasteiger partial charge in [-0.25, -0.2) is 9.59 Å². The van der Waals surface area contributed by atoms with E-state index in [4.69, 9.17) is 9.47 Å². The first-order valence-electron chi connectivity index (χ1n) is 7.89. The van der Waals surface area contributed by atoms with Crippen molar-refractivity contribution >= 4 is 12.1 Å². The molecular weight excluding hydrogens is 270 g/mol. The largest absolute Gasteiger partial charge is 0.461 e. The van der Waals surface area contributed by atoms with Crippen molar-refractivity contribution in [2.24, 2.45) is 5.92 Å². The van der Waals surface area contributed by atoms with Gasteiger partial charge in [0.15, 0.2) is 0 Å². The van der Waals surface area contributed by atoms with Gasteiger partial charge in [-0.05, 0) is 53.4 Å². The molecule has 5 heteroatoms. The zero-order chi connectivity index (χ0) is 16.0. The molecule has 0 bridgehead atoms. The van der Waals surface area contributed by atoms with E-state index in [1.807, 2.05) is 6.92 Å². The number of amides is 1. The quantitative estimate of drug-likeness (QED) is 0.808. The fourth-order valence-electron chi connectivity index (χ4n) is 2.53. The maximum atomic E-state index is 12.0. The molecule has 0 aromatic carbocycles. The molecule has 1 aliphatic rings. The van der Waals surface area contributed by atoms with Crippen molar-refractivity contribution in [2.75, 3.05) is 0 Å². The molecule has 122 valence electrons. The van der Waals surface area contributed by atoms with Gasteiger partial charge in [0.2, 0.25) is 0 Å². The first-order chi connectivity index (χ1) is 9.69. The molecule has 1 rings (SSSR count). The second-order valence-corrected chi connectivity index (χ2v) is 6.91. The van der Waals surface area contributed by atoms with Crippen molar-refractivity contribution in [3.05, 3.63) is 0 Å². The molecular formula is C16H29NO4. The summed E-state index contributed by atoms with van der Waals surface area (Å²) < 4.78 is 10.6. The SMILES string of the molecule is CC(OC(=O)[C@H](C)NC(=O)OC(C)(C)C)C1CCCCC1. The van der Waals surface area contributed by atoms with Crippen LogP contribution in [0, 0.1) is 5.92 Å². The predicted octanol–water partition coefficient (Wildman–Crippen LogP) is 3.41. The van der Waals surface area contributed by atoms with E-state index in [9.17, 15) is 9.59 Å². The normalized spacial score (nSPS) is 19.5. The molecule has 5 nitrogen and oxygen atoms in total. The summed E-state index contributed by atoms with van der Waals surface area (Å²) in [6.45, 7) is 8.88. The number of esters is 1. The molecule has 0 aromatic rings. The van der Waals surface area contributed by atoms with Crippen molar-refractivity contribution in [3.63, 3.8) is 0 Å². The van der Waals surface area contributed by atoms with Crippen LogP contribution in [0.25, 0.3) is 0 Å². The fraction of sp³-hybridized carbons (Fsp3) is 0.875. The lowest BCUT2D eigenvalue weighted by Crippen LogP contribution is -2.43. The van der Waals surface area contributed by atoms with Gasteiger partial charge in [-0.15, -0.1) is 0 Å². The van der Waals surface area contributed by atoms with Crippen molar-refractivity contribution in [1.29, 1.82) is 0 Å². The molecule has 0 heterocycles. The Labute approximate surface area is 127 Å². The summed E-state index contributed by atoms with van der Waals surface area (Å²) in [7, 11) is 0. The first kappa shape index (κ1) is 17.8. The van der Waals surface area contributed by atoms with Crippen molar-refractivity contribution in [1.82, 2.24) is 5.32 Å². The van der Waals surface area contributed by atoms with Crippen LogP contribution >= 0.6 is 0 Å². The highest BCUT2D eigenvalue weighted by Gasteiger charge is 2.27. The lowest BCUT2D eigenvalue weighted by Gasteiger charge is -2.28. The van der Waals surface area contributed by atoms with E-state index >= 15 is 0 Å². The highest BCUT2D eigenvalue weighted by Crippen LogP contribution is 2.27. The van der Waals surface area contributed by atoms with E-state index < -0.39 is 23.7 Å². The van der Waals surface area contributed by atoms with E-state index in [1.165, 1.54) is 19.3 Å². The third kappa shape index (κ3) is 6.82. The third-order valence-electron chi connectivity index (χ3n) is 3.70. The summed E-state index contributed by atoms with van der Waals surface area (Å²) >= 11 is 0. The lowest BCUT2D eigenvalue weighted by atomic mass is 9.86. The Hall–Kier alpha value is -1.26. The van der Waals surface area contributed by atoms with Gasteiger partial charge in [0.05, 0.1) is 0 Å². The summed E-state index contributed by atoms with van der Waals surface area (Å²) in [6.07, 6.45) is 5.22. The number of rotatable bonds is 4. The van der Waals surface area contributed by atoms with Gasteiger partial charge in [-0.2, -0.15) is 0 Å². The van der Waals surface area contributed by atoms with E-state index in [2.05, 4.69) is 5.32 Å². The Morgan fingerprint density at radius 3 is 2.19 bits per heavy atom. The number of hydrogen-bond acceptors (Lipinski definition) is 4. The van der Waals surface area contributed by atoms with Crippen LogP contribution in [0.5, 0.6) is 0 Å². The average Bonchev–Trinajstić information content (AvgIpc) is 2.37. The van der Waals surface area contributed by atoms with Crippen LogP contribution in [0.1, 0.15) is 66.7 Å². The monoisotopic (exact) mass is 299 g/mol. The van der Waals surface area contributed by atoms with Crippen LogP contribution in [-0.4, -0.2) is 29.8 Å². The van der Waals surface area contributed by atoms with Gasteiger partial charge in [0, 0.05) is 0 Å².